The van der Waals surface area contributed by atoms with Crippen LogP contribution in [-0.2, 0) is 4.79 Å². The molecule has 0 bridgehead atoms. The molecule has 0 aliphatic carbocycles. The van der Waals surface area contributed by atoms with E-state index in [9.17, 15) is 25.1 Å². The number of nitriles is 2. The molecule has 0 spiro atoms. The number of phenols is 1. The molecule has 0 aromatic heterocycles. The van der Waals surface area contributed by atoms with E-state index >= 15 is 0 Å². The van der Waals surface area contributed by atoms with E-state index < -0.39 is 33.6 Å². The van der Waals surface area contributed by atoms with E-state index in [1.165, 1.54) is 13.1 Å². The Morgan fingerprint density at radius 1 is 1.46 bits per heavy atom. The van der Waals surface area contributed by atoms with Gasteiger partial charge in [-0.15, -0.1) is 0 Å². The highest BCUT2D eigenvalue weighted by Gasteiger charge is 2.25. The Bertz CT molecular complexity index is 803. The van der Waals surface area contributed by atoms with Gasteiger partial charge in [-0.25, -0.2) is 0 Å². The number of ether oxygens (including phenoxy) is 1. The van der Waals surface area contributed by atoms with Gasteiger partial charge in [-0.1, -0.05) is 0 Å². The van der Waals surface area contributed by atoms with Crippen LogP contribution in [0.1, 0.15) is 5.56 Å². The number of aromatic hydroxyl groups is 1. The van der Waals surface area contributed by atoms with Crippen molar-refractivity contribution in [2.45, 2.75) is 0 Å². The molecule has 0 heterocycles. The lowest BCUT2D eigenvalue weighted by atomic mass is 10.1. The van der Waals surface area contributed by atoms with Crippen molar-refractivity contribution in [1.29, 1.82) is 10.5 Å². The Labute approximate surface area is 136 Å². The van der Waals surface area contributed by atoms with Crippen LogP contribution in [0.3, 0.4) is 0 Å². The lowest BCUT2D eigenvalue weighted by molar-refractivity contribution is -0.386. The number of phenolic OH excluding ortho intramolecular Hbond substituents is 1. The molecule has 2 N–H and O–H groups in total. The Kier molecular flexibility index (Phi) is 5.68. The molecule has 1 aromatic rings. The molecule has 0 radical (unpaired) electrons. The maximum atomic E-state index is 12.0. The van der Waals surface area contributed by atoms with Crippen LogP contribution in [-0.4, -0.2) is 46.6 Å². The molecular formula is C14H12N4O6. The highest BCUT2D eigenvalue weighted by Crippen LogP contribution is 2.38. The number of nitro benzene ring substituents is 1. The predicted molar refractivity (Wildman–Crippen MR) is 79.7 cm³/mol. The van der Waals surface area contributed by atoms with Gasteiger partial charge in [0.1, 0.15) is 18.4 Å². The third-order valence-corrected chi connectivity index (χ3v) is 2.96. The number of hydrogen-bond acceptors (Lipinski definition) is 8. The molecule has 10 heteroatoms. The minimum absolute atomic E-state index is 0.272. The molecule has 0 saturated heterocycles. The summed E-state index contributed by atoms with van der Waals surface area (Å²) in [6.45, 7) is -0.323. The van der Waals surface area contributed by atoms with Gasteiger partial charge in [-0.3, -0.25) is 14.9 Å². The van der Waals surface area contributed by atoms with Crippen LogP contribution >= 0.6 is 0 Å². The third-order valence-electron chi connectivity index (χ3n) is 2.96. The van der Waals surface area contributed by atoms with Crippen molar-refractivity contribution in [2.75, 3.05) is 20.7 Å². The molecule has 1 aromatic carbocycles. The second kappa shape index (κ2) is 7.47. The maximum Gasteiger partial charge on any atom is 0.315 e. The van der Waals surface area contributed by atoms with Crippen LogP contribution < -0.4 is 4.74 Å². The summed E-state index contributed by atoms with van der Waals surface area (Å²) in [5.74, 6) is -2.86. The highest BCUT2D eigenvalue weighted by atomic mass is 16.6. The number of amides is 1. The lowest BCUT2D eigenvalue weighted by Gasteiger charge is -2.13. The van der Waals surface area contributed by atoms with Gasteiger partial charge in [0.25, 0.3) is 5.91 Å². The number of likely N-dealkylation sites (N-methyl/N-ethyl adjacent to an activating group) is 1. The van der Waals surface area contributed by atoms with E-state index in [0.29, 0.717) is 0 Å². The fourth-order valence-electron chi connectivity index (χ4n) is 1.74. The SMILES string of the molecule is COc1cc(/C(O)=C(\C#N)C(=O)N(C)CC#N)cc([N+](=O)[O-])c1O. The summed E-state index contributed by atoms with van der Waals surface area (Å²) < 4.78 is 4.78. The van der Waals surface area contributed by atoms with Crippen molar-refractivity contribution in [1.82, 2.24) is 4.90 Å². The third kappa shape index (κ3) is 3.51. The van der Waals surface area contributed by atoms with Crippen molar-refractivity contribution in [3.05, 3.63) is 33.4 Å². The van der Waals surface area contributed by atoms with E-state index in [4.69, 9.17) is 15.3 Å². The second-order valence-corrected chi connectivity index (χ2v) is 4.46. The fourth-order valence-corrected chi connectivity index (χ4v) is 1.74. The molecule has 1 amide bonds. The monoisotopic (exact) mass is 332 g/mol. The van der Waals surface area contributed by atoms with E-state index in [1.807, 2.05) is 0 Å². The normalized spacial score (nSPS) is 10.8. The van der Waals surface area contributed by atoms with E-state index in [2.05, 4.69) is 0 Å². The number of aliphatic hydroxyl groups is 1. The number of benzene rings is 1. The van der Waals surface area contributed by atoms with Gasteiger partial charge >= 0.3 is 5.69 Å². The van der Waals surface area contributed by atoms with Crippen LogP contribution in [0.15, 0.2) is 17.7 Å². The zero-order valence-corrected chi connectivity index (χ0v) is 12.7. The van der Waals surface area contributed by atoms with Crippen LogP contribution in [0.4, 0.5) is 5.69 Å². The Balaban J connectivity index is 3.55. The topological polar surface area (TPSA) is 161 Å². The second-order valence-electron chi connectivity index (χ2n) is 4.46. The van der Waals surface area contributed by atoms with E-state index in [0.717, 1.165) is 24.1 Å². The summed E-state index contributed by atoms with van der Waals surface area (Å²) in [6.07, 6.45) is 0. The van der Waals surface area contributed by atoms with Crippen LogP contribution in [0, 0.1) is 32.8 Å². The summed E-state index contributed by atoms with van der Waals surface area (Å²) in [4.78, 5) is 23.0. The predicted octanol–water partition coefficient (Wildman–Crippen LogP) is 1.08. The van der Waals surface area contributed by atoms with Gasteiger partial charge in [0, 0.05) is 18.7 Å². The summed E-state index contributed by atoms with van der Waals surface area (Å²) in [6, 6.07) is 5.03. The first-order valence-corrected chi connectivity index (χ1v) is 6.29. The van der Waals surface area contributed by atoms with Crippen molar-refractivity contribution in [3.8, 4) is 23.6 Å². The van der Waals surface area contributed by atoms with Gasteiger partial charge in [-0.2, -0.15) is 10.5 Å². The number of rotatable bonds is 5. The van der Waals surface area contributed by atoms with E-state index in [1.54, 1.807) is 6.07 Å². The first kappa shape index (κ1) is 18.3. The molecule has 0 saturated carbocycles. The Morgan fingerprint density at radius 2 is 2.08 bits per heavy atom. The van der Waals surface area contributed by atoms with Gasteiger partial charge in [0.2, 0.25) is 5.75 Å². The largest absolute Gasteiger partial charge is 0.506 e. The minimum Gasteiger partial charge on any atom is -0.506 e. The maximum absolute atomic E-state index is 12.0. The molecule has 0 fully saturated rings. The standard InChI is InChI=1S/C14H12N4O6/c1-17(4-3-15)14(21)9(7-16)12(19)8-5-10(18(22)23)13(20)11(6-8)24-2/h5-6,19-20H,4H2,1-2H3/b12-9-. The molecular weight excluding hydrogens is 320 g/mol. The number of nitrogens with zero attached hydrogens (tertiary/aromatic N) is 4. The van der Waals surface area contributed by atoms with Gasteiger partial charge in [0.05, 0.1) is 18.1 Å². The van der Waals surface area contributed by atoms with Crippen LogP contribution in [0.5, 0.6) is 11.5 Å². The molecule has 10 nitrogen and oxygen atoms in total. The Morgan fingerprint density at radius 3 is 2.54 bits per heavy atom. The molecule has 0 aliphatic heterocycles. The van der Waals surface area contributed by atoms with Gasteiger partial charge < -0.3 is 19.8 Å². The van der Waals surface area contributed by atoms with Crippen molar-refractivity contribution < 1.29 is 24.7 Å². The average Bonchev–Trinajstić information content (AvgIpc) is 2.55. The van der Waals surface area contributed by atoms with Crippen LogP contribution in [0.25, 0.3) is 5.76 Å². The summed E-state index contributed by atoms with van der Waals surface area (Å²) in [5, 5.41) is 48.4. The summed E-state index contributed by atoms with van der Waals surface area (Å²) in [5.41, 5.74) is -1.76. The number of aliphatic hydroxyl groups excluding tert-OH is 1. The molecule has 0 unspecified atom stereocenters. The first-order valence-electron chi connectivity index (χ1n) is 6.29. The van der Waals surface area contributed by atoms with Crippen molar-refractivity contribution in [2.24, 2.45) is 0 Å². The smallest absolute Gasteiger partial charge is 0.315 e. The Hall–Kier alpha value is -3.79. The number of carbonyl (C=O) groups excluding carboxylic acids is 1. The average molecular weight is 332 g/mol. The fraction of sp³-hybridized carbons (Fsp3) is 0.214. The van der Waals surface area contributed by atoms with Crippen molar-refractivity contribution in [3.63, 3.8) is 0 Å². The molecule has 1 rings (SSSR count). The molecule has 0 atom stereocenters. The summed E-state index contributed by atoms with van der Waals surface area (Å²) in [7, 11) is 2.39. The first-order chi connectivity index (χ1) is 11.3. The molecule has 124 valence electrons. The lowest BCUT2D eigenvalue weighted by Crippen LogP contribution is -2.28. The van der Waals surface area contributed by atoms with Crippen LogP contribution in [0.2, 0.25) is 0 Å². The number of hydrogen-bond donors (Lipinski definition) is 2. The van der Waals surface area contributed by atoms with E-state index in [-0.39, 0.29) is 17.9 Å². The molecule has 24 heavy (non-hydrogen) atoms. The van der Waals surface area contributed by atoms with Crippen molar-refractivity contribution >= 4 is 17.4 Å². The zero-order chi connectivity index (χ0) is 18.4. The molecule has 0 aliphatic rings. The van der Waals surface area contributed by atoms with Gasteiger partial charge in [-0.05, 0) is 6.07 Å². The number of methoxy groups -OCH3 is 1. The number of carbonyl (C=O) groups is 1. The number of nitro groups is 1. The zero-order valence-electron chi connectivity index (χ0n) is 12.7. The minimum atomic E-state index is -0.939. The highest BCUT2D eigenvalue weighted by molar-refractivity contribution is 6.03. The quantitative estimate of drug-likeness (QED) is 0.202. The summed E-state index contributed by atoms with van der Waals surface area (Å²) >= 11 is 0. The van der Waals surface area contributed by atoms with Gasteiger partial charge in [0.15, 0.2) is 11.3 Å².